The molecule has 2 aromatic heterocycles. The minimum absolute atomic E-state index is 0.233. The fourth-order valence-electron chi connectivity index (χ4n) is 2.76. The zero-order valence-electron chi connectivity index (χ0n) is 14.6. The van der Waals surface area contributed by atoms with E-state index in [4.69, 9.17) is 14.0 Å². The molecule has 0 spiro atoms. The zero-order chi connectivity index (χ0) is 18.8. The van der Waals surface area contributed by atoms with Gasteiger partial charge < -0.3 is 14.0 Å². The van der Waals surface area contributed by atoms with Crippen LogP contribution >= 0.6 is 11.8 Å². The summed E-state index contributed by atoms with van der Waals surface area (Å²) in [5.41, 5.74) is 2.70. The molecule has 0 unspecified atom stereocenters. The first kappa shape index (κ1) is 16.8. The molecule has 2 aromatic carbocycles. The van der Waals surface area contributed by atoms with Crippen LogP contribution in [0.15, 0.2) is 70.2 Å². The van der Waals surface area contributed by atoms with Crippen LogP contribution in [0.2, 0.25) is 0 Å². The molecule has 3 heterocycles. The molecule has 28 heavy (non-hydrogen) atoms. The molecular weight excluding hydrogens is 376 g/mol. The molecular formula is C20H14N4O3S. The molecule has 1 aliphatic heterocycles. The van der Waals surface area contributed by atoms with E-state index in [1.54, 1.807) is 0 Å². The van der Waals surface area contributed by atoms with Gasteiger partial charge in [0.1, 0.15) is 5.03 Å². The van der Waals surface area contributed by atoms with Crippen molar-refractivity contribution >= 4 is 11.8 Å². The van der Waals surface area contributed by atoms with Crippen molar-refractivity contribution in [3.63, 3.8) is 0 Å². The number of nitrogens with zero attached hydrogens (tertiary/aromatic N) is 4. The molecule has 0 amide bonds. The van der Waals surface area contributed by atoms with Gasteiger partial charge in [-0.25, -0.2) is 0 Å². The fourth-order valence-corrected chi connectivity index (χ4v) is 3.41. The molecule has 0 saturated heterocycles. The first-order valence-electron chi connectivity index (χ1n) is 8.60. The Balaban J connectivity index is 1.25. The minimum Gasteiger partial charge on any atom is -0.454 e. The summed E-state index contributed by atoms with van der Waals surface area (Å²) in [6.45, 7) is 0.233. The van der Waals surface area contributed by atoms with Crippen molar-refractivity contribution in [1.29, 1.82) is 0 Å². The van der Waals surface area contributed by atoms with E-state index in [-0.39, 0.29) is 6.79 Å². The third-order valence-electron chi connectivity index (χ3n) is 4.15. The summed E-state index contributed by atoms with van der Waals surface area (Å²) < 4.78 is 16.1. The Kier molecular flexibility index (Phi) is 4.38. The van der Waals surface area contributed by atoms with Crippen LogP contribution in [0.4, 0.5) is 0 Å². The topological polar surface area (TPSA) is 83.2 Å². The Morgan fingerprint density at radius 2 is 1.75 bits per heavy atom. The number of ether oxygens (including phenoxy) is 2. The number of hydrogen-bond donors (Lipinski definition) is 0. The largest absolute Gasteiger partial charge is 0.454 e. The number of hydrogen-bond acceptors (Lipinski definition) is 8. The van der Waals surface area contributed by atoms with Crippen LogP contribution in [-0.4, -0.2) is 27.1 Å². The van der Waals surface area contributed by atoms with Gasteiger partial charge in [0.05, 0.1) is 11.4 Å². The Labute approximate surface area is 164 Å². The van der Waals surface area contributed by atoms with Gasteiger partial charge in [-0.2, -0.15) is 4.98 Å². The molecule has 138 valence electrons. The standard InChI is InChI=1S/C20H14N4O3S/c1-2-4-13(5-3-1)15-7-9-19(23-22-15)28-11-18-21-20(24-27-18)14-6-8-16-17(10-14)26-12-25-16/h1-10H,11-12H2. The maximum Gasteiger partial charge on any atom is 0.237 e. The Morgan fingerprint density at radius 3 is 2.61 bits per heavy atom. The second-order valence-electron chi connectivity index (χ2n) is 5.99. The van der Waals surface area contributed by atoms with E-state index >= 15 is 0 Å². The smallest absolute Gasteiger partial charge is 0.237 e. The summed E-state index contributed by atoms with van der Waals surface area (Å²) in [6, 6.07) is 19.4. The van der Waals surface area contributed by atoms with Crippen LogP contribution in [0.1, 0.15) is 5.89 Å². The number of rotatable bonds is 5. The molecule has 4 aromatic rings. The summed E-state index contributed by atoms with van der Waals surface area (Å²) >= 11 is 1.49. The lowest BCUT2D eigenvalue weighted by atomic mass is 10.1. The van der Waals surface area contributed by atoms with Crippen molar-refractivity contribution in [1.82, 2.24) is 20.3 Å². The molecule has 0 atom stereocenters. The van der Waals surface area contributed by atoms with Gasteiger partial charge in [-0.05, 0) is 30.3 Å². The van der Waals surface area contributed by atoms with Gasteiger partial charge in [-0.1, -0.05) is 47.3 Å². The molecule has 0 saturated carbocycles. The number of aromatic nitrogens is 4. The molecule has 5 rings (SSSR count). The lowest BCUT2D eigenvalue weighted by molar-refractivity contribution is 0.174. The molecule has 0 N–H and O–H groups in total. The Hall–Kier alpha value is -3.39. The van der Waals surface area contributed by atoms with Crippen LogP contribution in [0.25, 0.3) is 22.6 Å². The summed E-state index contributed by atoms with van der Waals surface area (Å²) in [5.74, 6) is 2.95. The molecule has 0 radical (unpaired) electrons. The van der Waals surface area contributed by atoms with Crippen molar-refractivity contribution in [2.45, 2.75) is 10.8 Å². The summed E-state index contributed by atoms with van der Waals surface area (Å²) in [4.78, 5) is 4.44. The van der Waals surface area contributed by atoms with Crippen molar-refractivity contribution in [3.8, 4) is 34.1 Å². The molecule has 1 aliphatic rings. The summed E-state index contributed by atoms with van der Waals surface area (Å²) in [7, 11) is 0. The SMILES string of the molecule is c1ccc(-c2ccc(SCc3nc(-c4ccc5c(c4)OCO5)no3)nn2)cc1. The molecule has 0 bridgehead atoms. The highest BCUT2D eigenvalue weighted by Gasteiger charge is 2.16. The normalized spacial score (nSPS) is 12.3. The van der Waals surface area contributed by atoms with Crippen molar-refractivity contribution < 1.29 is 14.0 Å². The third kappa shape index (κ3) is 3.41. The van der Waals surface area contributed by atoms with Gasteiger partial charge in [0, 0.05) is 11.1 Å². The van der Waals surface area contributed by atoms with Crippen molar-refractivity contribution in [2.75, 3.05) is 6.79 Å². The summed E-state index contributed by atoms with van der Waals surface area (Å²) in [6.07, 6.45) is 0. The fraction of sp³-hybridized carbons (Fsp3) is 0.100. The highest BCUT2D eigenvalue weighted by Crippen LogP contribution is 2.35. The molecule has 0 aliphatic carbocycles. The lowest BCUT2D eigenvalue weighted by Crippen LogP contribution is -1.92. The zero-order valence-corrected chi connectivity index (χ0v) is 15.4. The van der Waals surface area contributed by atoms with E-state index in [0.29, 0.717) is 23.2 Å². The Bertz CT molecular complexity index is 1100. The molecule has 8 heteroatoms. The van der Waals surface area contributed by atoms with E-state index in [1.807, 2.05) is 60.7 Å². The maximum atomic E-state index is 5.39. The number of benzene rings is 2. The highest BCUT2D eigenvalue weighted by atomic mass is 32.2. The first-order chi connectivity index (χ1) is 13.8. The Morgan fingerprint density at radius 1 is 0.857 bits per heavy atom. The van der Waals surface area contributed by atoms with Crippen LogP contribution in [0, 0.1) is 0 Å². The average Bonchev–Trinajstić information content (AvgIpc) is 3.42. The average molecular weight is 390 g/mol. The maximum absolute atomic E-state index is 5.39. The number of thioether (sulfide) groups is 1. The second kappa shape index (κ2) is 7.32. The van der Waals surface area contributed by atoms with Gasteiger partial charge in [-0.3, -0.25) is 0 Å². The van der Waals surface area contributed by atoms with Gasteiger partial charge in [0.25, 0.3) is 0 Å². The monoisotopic (exact) mass is 390 g/mol. The van der Waals surface area contributed by atoms with Crippen molar-refractivity contribution in [3.05, 3.63) is 66.6 Å². The number of fused-ring (bicyclic) bond motifs is 1. The first-order valence-corrected chi connectivity index (χ1v) is 9.58. The molecule has 7 nitrogen and oxygen atoms in total. The minimum atomic E-state index is 0.233. The van der Waals surface area contributed by atoms with E-state index in [2.05, 4.69) is 20.3 Å². The lowest BCUT2D eigenvalue weighted by Gasteiger charge is -2.01. The third-order valence-corrected chi connectivity index (χ3v) is 5.06. The summed E-state index contributed by atoms with van der Waals surface area (Å²) in [5, 5.41) is 13.4. The van der Waals surface area contributed by atoms with E-state index < -0.39 is 0 Å². The quantitative estimate of drug-likeness (QED) is 0.469. The van der Waals surface area contributed by atoms with Gasteiger partial charge in [0.2, 0.25) is 18.5 Å². The predicted octanol–water partition coefficient (Wildman–Crippen LogP) is 4.21. The second-order valence-corrected chi connectivity index (χ2v) is 6.99. The van der Waals surface area contributed by atoms with Crippen LogP contribution in [0.5, 0.6) is 11.5 Å². The van der Waals surface area contributed by atoms with Gasteiger partial charge in [0.15, 0.2) is 11.5 Å². The predicted molar refractivity (Wildman–Crippen MR) is 103 cm³/mol. The van der Waals surface area contributed by atoms with Crippen LogP contribution in [0.3, 0.4) is 0 Å². The van der Waals surface area contributed by atoms with E-state index in [0.717, 1.165) is 27.6 Å². The van der Waals surface area contributed by atoms with E-state index in [1.165, 1.54) is 11.8 Å². The van der Waals surface area contributed by atoms with Crippen LogP contribution < -0.4 is 9.47 Å². The van der Waals surface area contributed by atoms with Crippen molar-refractivity contribution in [2.24, 2.45) is 0 Å². The van der Waals surface area contributed by atoms with Crippen LogP contribution in [-0.2, 0) is 5.75 Å². The van der Waals surface area contributed by atoms with E-state index in [9.17, 15) is 0 Å². The highest BCUT2D eigenvalue weighted by molar-refractivity contribution is 7.98. The molecule has 0 fully saturated rings. The van der Waals surface area contributed by atoms with Gasteiger partial charge >= 0.3 is 0 Å². The van der Waals surface area contributed by atoms with Gasteiger partial charge in [-0.15, -0.1) is 10.2 Å².